The third-order valence-electron chi connectivity index (χ3n) is 5.39. The Bertz CT molecular complexity index is 982. The van der Waals surface area contributed by atoms with E-state index in [0.717, 1.165) is 66.3 Å². The molecule has 3 aromatic rings. The molecule has 1 atom stereocenters. The SMILES string of the molecule is CCC(C)CC(=O)CCCCCNc1nc2cc(OC)ccc2n2c(C)nnc12. The lowest BCUT2D eigenvalue weighted by molar-refractivity contribution is -0.120. The molecule has 0 fully saturated rings. The third kappa shape index (κ3) is 5.02. The van der Waals surface area contributed by atoms with Crippen LogP contribution in [0.15, 0.2) is 18.2 Å². The first-order chi connectivity index (χ1) is 14.0. The highest BCUT2D eigenvalue weighted by molar-refractivity contribution is 5.84. The van der Waals surface area contributed by atoms with E-state index in [4.69, 9.17) is 9.72 Å². The van der Waals surface area contributed by atoms with Gasteiger partial charge in [0.25, 0.3) is 0 Å². The van der Waals surface area contributed by atoms with E-state index in [0.29, 0.717) is 24.5 Å². The molecule has 0 saturated carbocycles. The van der Waals surface area contributed by atoms with Crippen LogP contribution in [0.25, 0.3) is 16.7 Å². The van der Waals surface area contributed by atoms with Gasteiger partial charge in [-0.15, -0.1) is 10.2 Å². The van der Waals surface area contributed by atoms with Crippen molar-refractivity contribution >= 4 is 28.3 Å². The molecule has 3 rings (SSSR count). The van der Waals surface area contributed by atoms with E-state index in [1.165, 1.54) is 0 Å². The summed E-state index contributed by atoms with van der Waals surface area (Å²) in [7, 11) is 1.65. The Labute approximate surface area is 171 Å². The smallest absolute Gasteiger partial charge is 0.204 e. The van der Waals surface area contributed by atoms with E-state index in [2.05, 4.69) is 29.4 Å². The molecule has 156 valence electrons. The van der Waals surface area contributed by atoms with Crippen molar-refractivity contribution in [3.8, 4) is 5.75 Å². The van der Waals surface area contributed by atoms with Crippen LogP contribution in [0.3, 0.4) is 0 Å². The zero-order chi connectivity index (χ0) is 20.8. The number of ether oxygens (including phenoxy) is 1. The van der Waals surface area contributed by atoms with Gasteiger partial charge >= 0.3 is 0 Å². The number of carbonyl (C=O) groups excluding carboxylic acids is 1. The van der Waals surface area contributed by atoms with Gasteiger partial charge in [0.05, 0.1) is 18.1 Å². The highest BCUT2D eigenvalue weighted by Crippen LogP contribution is 2.25. The standard InChI is InChI=1S/C22H31N5O2/c1-5-15(2)13-17(28)9-7-6-8-12-23-21-22-26-25-16(3)27(22)20-11-10-18(29-4)14-19(20)24-21/h10-11,14-15H,5-9,12-13H2,1-4H3,(H,23,24). The molecule has 0 amide bonds. The van der Waals surface area contributed by atoms with E-state index in [9.17, 15) is 4.79 Å². The molecule has 29 heavy (non-hydrogen) atoms. The summed E-state index contributed by atoms with van der Waals surface area (Å²) in [4.78, 5) is 16.7. The number of ketones is 1. The molecule has 0 aliphatic rings. The summed E-state index contributed by atoms with van der Waals surface area (Å²) >= 11 is 0. The number of methoxy groups -OCH3 is 1. The summed E-state index contributed by atoms with van der Waals surface area (Å²) in [6, 6.07) is 5.81. The number of fused-ring (bicyclic) bond motifs is 3. The monoisotopic (exact) mass is 397 g/mol. The molecule has 0 aliphatic heterocycles. The molecule has 1 aromatic carbocycles. The van der Waals surface area contributed by atoms with Crippen molar-refractivity contribution in [2.75, 3.05) is 19.0 Å². The third-order valence-corrected chi connectivity index (χ3v) is 5.39. The van der Waals surface area contributed by atoms with Gasteiger partial charge in [0, 0.05) is 25.5 Å². The summed E-state index contributed by atoms with van der Waals surface area (Å²) in [5, 5.41) is 11.9. The molecule has 0 bridgehead atoms. The number of aryl methyl sites for hydroxylation is 1. The highest BCUT2D eigenvalue weighted by atomic mass is 16.5. The fourth-order valence-electron chi connectivity index (χ4n) is 3.47. The summed E-state index contributed by atoms with van der Waals surface area (Å²) in [6.07, 6.45) is 5.40. The number of nitrogens with one attached hydrogen (secondary N) is 1. The van der Waals surface area contributed by atoms with Crippen molar-refractivity contribution in [3.05, 3.63) is 24.0 Å². The Balaban J connectivity index is 1.60. The van der Waals surface area contributed by atoms with Gasteiger partial charge in [0.15, 0.2) is 5.82 Å². The number of Topliss-reactive ketones (excluding diaryl/α,β-unsaturated/α-hetero) is 1. The van der Waals surface area contributed by atoms with Gasteiger partial charge in [0.1, 0.15) is 17.4 Å². The fraction of sp³-hybridized carbons (Fsp3) is 0.545. The first-order valence-electron chi connectivity index (χ1n) is 10.5. The minimum atomic E-state index is 0.387. The Kier molecular flexibility index (Phi) is 7.01. The minimum Gasteiger partial charge on any atom is -0.497 e. The number of benzene rings is 1. The predicted molar refractivity (Wildman–Crippen MR) is 116 cm³/mol. The lowest BCUT2D eigenvalue weighted by Crippen LogP contribution is -2.08. The molecule has 0 aliphatic carbocycles. The van der Waals surface area contributed by atoms with Gasteiger partial charge < -0.3 is 10.1 Å². The molecule has 0 spiro atoms. The van der Waals surface area contributed by atoms with Crippen LogP contribution in [0.5, 0.6) is 5.75 Å². The van der Waals surface area contributed by atoms with Crippen LogP contribution in [0, 0.1) is 12.8 Å². The predicted octanol–water partition coefficient (Wildman–Crippen LogP) is 4.57. The minimum absolute atomic E-state index is 0.387. The highest BCUT2D eigenvalue weighted by Gasteiger charge is 2.13. The summed E-state index contributed by atoms with van der Waals surface area (Å²) < 4.78 is 7.34. The first-order valence-corrected chi connectivity index (χ1v) is 10.5. The van der Waals surface area contributed by atoms with Crippen LogP contribution in [0.2, 0.25) is 0 Å². The zero-order valence-corrected chi connectivity index (χ0v) is 17.9. The molecule has 7 nitrogen and oxygen atoms in total. The summed E-state index contributed by atoms with van der Waals surface area (Å²) in [6.45, 7) is 6.99. The van der Waals surface area contributed by atoms with Gasteiger partial charge in [-0.05, 0) is 37.8 Å². The summed E-state index contributed by atoms with van der Waals surface area (Å²) in [5.41, 5.74) is 2.51. The van der Waals surface area contributed by atoms with E-state index < -0.39 is 0 Å². The van der Waals surface area contributed by atoms with Crippen LogP contribution in [-0.4, -0.2) is 39.0 Å². The zero-order valence-electron chi connectivity index (χ0n) is 17.9. The van der Waals surface area contributed by atoms with Crippen molar-refractivity contribution in [1.82, 2.24) is 19.6 Å². The van der Waals surface area contributed by atoms with Gasteiger partial charge in [-0.25, -0.2) is 4.98 Å². The van der Waals surface area contributed by atoms with E-state index in [1.54, 1.807) is 7.11 Å². The van der Waals surface area contributed by atoms with Crippen molar-refractivity contribution in [2.24, 2.45) is 5.92 Å². The average molecular weight is 398 g/mol. The van der Waals surface area contributed by atoms with Gasteiger partial charge in [-0.3, -0.25) is 9.20 Å². The van der Waals surface area contributed by atoms with Gasteiger partial charge in [-0.1, -0.05) is 26.7 Å². The van der Waals surface area contributed by atoms with E-state index in [-0.39, 0.29) is 0 Å². The quantitative estimate of drug-likeness (QED) is 0.477. The maximum Gasteiger partial charge on any atom is 0.204 e. The van der Waals surface area contributed by atoms with Crippen molar-refractivity contribution in [3.63, 3.8) is 0 Å². The van der Waals surface area contributed by atoms with Crippen LogP contribution < -0.4 is 10.1 Å². The molecule has 2 aromatic heterocycles. The second-order valence-electron chi connectivity index (χ2n) is 7.71. The van der Waals surface area contributed by atoms with E-state index >= 15 is 0 Å². The molecule has 1 N–H and O–H groups in total. The lowest BCUT2D eigenvalue weighted by atomic mass is 9.99. The normalized spacial score (nSPS) is 12.4. The maximum absolute atomic E-state index is 11.9. The number of hydrogen-bond donors (Lipinski definition) is 1. The van der Waals surface area contributed by atoms with Gasteiger partial charge in [0.2, 0.25) is 5.65 Å². The molecule has 7 heteroatoms. The average Bonchev–Trinajstić information content (AvgIpc) is 3.11. The Morgan fingerprint density at radius 2 is 2.07 bits per heavy atom. The lowest BCUT2D eigenvalue weighted by Gasteiger charge is -2.11. The Morgan fingerprint density at radius 1 is 1.24 bits per heavy atom. The van der Waals surface area contributed by atoms with Crippen LogP contribution in [-0.2, 0) is 4.79 Å². The summed E-state index contributed by atoms with van der Waals surface area (Å²) in [5.74, 6) is 3.19. The maximum atomic E-state index is 11.9. The number of aromatic nitrogens is 4. The van der Waals surface area contributed by atoms with Crippen LogP contribution in [0.4, 0.5) is 5.82 Å². The van der Waals surface area contributed by atoms with Crippen LogP contribution >= 0.6 is 0 Å². The topological polar surface area (TPSA) is 81.4 Å². The number of anilines is 1. The van der Waals surface area contributed by atoms with E-state index in [1.807, 2.05) is 29.5 Å². The molecule has 2 heterocycles. The Morgan fingerprint density at radius 3 is 2.83 bits per heavy atom. The Hall–Kier alpha value is -2.70. The molecule has 1 unspecified atom stereocenters. The number of hydrogen-bond acceptors (Lipinski definition) is 6. The van der Waals surface area contributed by atoms with Crippen molar-refractivity contribution in [2.45, 2.75) is 59.3 Å². The largest absolute Gasteiger partial charge is 0.497 e. The second-order valence-corrected chi connectivity index (χ2v) is 7.71. The second kappa shape index (κ2) is 9.67. The molecule has 0 radical (unpaired) electrons. The van der Waals surface area contributed by atoms with Gasteiger partial charge in [-0.2, -0.15) is 0 Å². The molecular weight excluding hydrogens is 366 g/mol. The number of carbonyl (C=O) groups is 1. The first kappa shape index (κ1) is 21.0. The van der Waals surface area contributed by atoms with Crippen molar-refractivity contribution in [1.29, 1.82) is 0 Å². The fourth-order valence-corrected chi connectivity index (χ4v) is 3.47. The van der Waals surface area contributed by atoms with Crippen molar-refractivity contribution < 1.29 is 9.53 Å². The molecular formula is C22H31N5O2. The molecule has 0 saturated heterocycles. The number of unbranched alkanes of at least 4 members (excludes halogenated alkanes) is 2. The number of nitrogens with zero attached hydrogens (tertiary/aromatic N) is 4. The number of rotatable bonds is 11. The van der Waals surface area contributed by atoms with Crippen LogP contribution in [0.1, 0.15) is 58.2 Å².